The first-order valence-corrected chi connectivity index (χ1v) is 7.58. The molecule has 0 aliphatic carbocycles. The van der Waals surface area contributed by atoms with E-state index in [1.165, 1.54) is 0 Å². The Morgan fingerprint density at radius 2 is 2.05 bits per heavy atom. The molecule has 0 spiro atoms. The molecule has 4 N–H and O–H groups in total. The third-order valence-electron chi connectivity index (χ3n) is 2.85. The molecule has 2 aromatic rings. The van der Waals surface area contributed by atoms with Crippen molar-refractivity contribution in [2.45, 2.75) is 6.92 Å². The Kier molecular flexibility index (Phi) is 5.09. The molecule has 21 heavy (non-hydrogen) atoms. The SMILES string of the molecule is CCNC(=O)c1ccc(N)cc1Nc1cccc(Cl)c1Br. The van der Waals surface area contributed by atoms with Gasteiger partial charge in [0, 0.05) is 12.2 Å². The lowest BCUT2D eigenvalue weighted by molar-refractivity contribution is 0.0956. The summed E-state index contributed by atoms with van der Waals surface area (Å²) in [5, 5.41) is 6.55. The number of rotatable bonds is 4. The fourth-order valence-corrected chi connectivity index (χ4v) is 2.40. The second-order valence-corrected chi connectivity index (χ2v) is 5.59. The van der Waals surface area contributed by atoms with Crippen LogP contribution in [0.25, 0.3) is 0 Å². The van der Waals surface area contributed by atoms with Gasteiger partial charge in [-0.1, -0.05) is 17.7 Å². The van der Waals surface area contributed by atoms with Gasteiger partial charge in [-0.05, 0) is 53.2 Å². The number of nitrogen functional groups attached to an aromatic ring is 1. The van der Waals surface area contributed by atoms with Gasteiger partial charge in [-0.3, -0.25) is 4.79 Å². The molecule has 2 rings (SSSR count). The summed E-state index contributed by atoms with van der Waals surface area (Å²) in [6.07, 6.45) is 0. The largest absolute Gasteiger partial charge is 0.399 e. The standard InChI is InChI=1S/C15H15BrClN3O/c1-2-19-15(21)10-7-6-9(18)8-13(10)20-12-5-3-4-11(17)14(12)16/h3-8,20H,2,18H2,1H3,(H,19,21). The minimum Gasteiger partial charge on any atom is -0.399 e. The number of hydrogen-bond acceptors (Lipinski definition) is 3. The van der Waals surface area contributed by atoms with E-state index in [0.717, 1.165) is 10.2 Å². The zero-order valence-electron chi connectivity index (χ0n) is 11.4. The minimum atomic E-state index is -0.154. The molecule has 4 nitrogen and oxygen atoms in total. The van der Waals surface area contributed by atoms with Gasteiger partial charge in [-0.15, -0.1) is 0 Å². The van der Waals surface area contributed by atoms with E-state index in [9.17, 15) is 4.79 Å². The van der Waals surface area contributed by atoms with Gasteiger partial charge in [-0.2, -0.15) is 0 Å². The number of halogens is 2. The van der Waals surface area contributed by atoms with Crippen LogP contribution in [0.1, 0.15) is 17.3 Å². The molecule has 2 aromatic carbocycles. The number of benzene rings is 2. The van der Waals surface area contributed by atoms with Crippen LogP contribution in [0.4, 0.5) is 17.1 Å². The molecule has 0 heterocycles. The molecule has 0 aliphatic rings. The van der Waals surface area contributed by atoms with E-state index in [1.54, 1.807) is 24.3 Å². The van der Waals surface area contributed by atoms with E-state index in [4.69, 9.17) is 17.3 Å². The van der Waals surface area contributed by atoms with Crippen LogP contribution in [-0.4, -0.2) is 12.5 Å². The van der Waals surface area contributed by atoms with Crippen molar-refractivity contribution in [2.75, 3.05) is 17.6 Å². The number of hydrogen-bond donors (Lipinski definition) is 3. The summed E-state index contributed by atoms with van der Waals surface area (Å²) in [5.41, 5.74) is 8.30. The van der Waals surface area contributed by atoms with Crippen LogP contribution in [-0.2, 0) is 0 Å². The van der Waals surface area contributed by atoms with Gasteiger partial charge in [0.25, 0.3) is 5.91 Å². The van der Waals surface area contributed by atoms with Crippen molar-refractivity contribution in [2.24, 2.45) is 0 Å². The van der Waals surface area contributed by atoms with Crippen LogP contribution in [0.2, 0.25) is 5.02 Å². The van der Waals surface area contributed by atoms with Crippen molar-refractivity contribution < 1.29 is 4.79 Å². The lowest BCUT2D eigenvalue weighted by Crippen LogP contribution is -2.23. The number of nitrogens with two attached hydrogens (primary N) is 1. The van der Waals surface area contributed by atoms with Crippen molar-refractivity contribution >= 4 is 50.5 Å². The molecule has 0 unspecified atom stereocenters. The predicted octanol–water partition coefficient (Wildman–Crippen LogP) is 4.18. The molecule has 0 aromatic heterocycles. The number of amides is 1. The Labute approximate surface area is 136 Å². The van der Waals surface area contributed by atoms with Gasteiger partial charge in [0.05, 0.1) is 26.4 Å². The quantitative estimate of drug-likeness (QED) is 0.709. The molecule has 110 valence electrons. The maximum absolute atomic E-state index is 12.1. The summed E-state index contributed by atoms with van der Waals surface area (Å²) < 4.78 is 0.732. The molecule has 0 radical (unpaired) electrons. The number of carbonyl (C=O) groups is 1. The highest BCUT2D eigenvalue weighted by Gasteiger charge is 2.13. The molecule has 1 amide bonds. The van der Waals surface area contributed by atoms with E-state index in [2.05, 4.69) is 26.6 Å². The summed E-state index contributed by atoms with van der Waals surface area (Å²) in [6.45, 7) is 2.43. The highest BCUT2D eigenvalue weighted by atomic mass is 79.9. The first-order chi connectivity index (χ1) is 10.0. The van der Waals surface area contributed by atoms with Crippen molar-refractivity contribution in [3.05, 3.63) is 51.5 Å². The molecule has 0 saturated carbocycles. The van der Waals surface area contributed by atoms with Crippen LogP contribution in [0.15, 0.2) is 40.9 Å². The molecule has 0 aliphatic heterocycles. The average Bonchev–Trinajstić information content (AvgIpc) is 2.44. The van der Waals surface area contributed by atoms with Crippen LogP contribution in [0.5, 0.6) is 0 Å². The van der Waals surface area contributed by atoms with Crippen molar-refractivity contribution in [3.63, 3.8) is 0 Å². The van der Waals surface area contributed by atoms with E-state index in [1.807, 2.05) is 19.1 Å². The molecule has 6 heteroatoms. The van der Waals surface area contributed by atoms with Gasteiger partial charge in [0.1, 0.15) is 0 Å². The van der Waals surface area contributed by atoms with Crippen LogP contribution >= 0.6 is 27.5 Å². The Morgan fingerprint density at radius 1 is 1.29 bits per heavy atom. The van der Waals surface area contributed by atoms with Crippen molar-refractivity contribution in [1.82, 2.24) is 5.32 Å². The van der Waals surface area contributed by atoms with Gasteiger partial charge < -0.3 is 16.4 Å². The predicted molar refractivity (Wildman–Crippen MR) is 91.3 cm³/mol. The summed E-state index contributed by atoms with van der Waals surface area (Å²) in [5.74, 6) is -0.154. The van der Waals surface area contributed by atoms with Gasteiger partial charge >= 0.3 is 0 Å². The monoisotopic (exact) mass is 367 g/mol. The summed E-state index contributed by atoms with van der Waals surface area (Å²) in [7, 11) is 0. The topological polar surface area (TPSA) is 67.2 Å². The minimum absolute atomic E-state index is 0.154. The zero-order valence-corrected chi connectivity index (χ0v) is 13.8. The molecule has 0 atom stereocenters. The number of anilines is 3. The molecule has 0 bridgehead atoms. The van der Waals surface area contributed by atoms with E-state index in [-0.39, 0.29) is 5.91 Å². The number of nitrogens with one attached hydrogen (secondary N) is 2. The number of carbonyl (C=O) groups excluding carboxylic acids is 1. The fraction of sp³-hybridized carbons (Fsp3) is 0.133. The smallest absolute Gasteiger partial charge is 0.253 e. The Balaban J connectivity index is 2.41. The van der Waals surface area contributed by atoms with E-state index >= 15 is 0 Å². The van der Waals surface area contributed by atoms with E-state index < -0.39 is 0 Å². The highest BCUT2D eigenvalue weighted by Crippen LogP contribution is 2.33. The third kappa shape index (κ3) is 3.68. The molecule has 0 fully saturated rings. The second kappa shape index (κ2) is 6.83. The van der Waals surface area contributed by atoms with Gasteiger partial charge in [0.2, 0.25) is 0 Å². The fourth-order valence-electron chi connectivity index (χ4n) is 1.86. The molecular formula is C15H15BrClN3O. The zero-order chi connectivity index (χ0) is 15.4. The lowest BCUT2D eigenvalue weighted by Gasteiger charge is -2.14. The van der Waals surface area contributed by atoms with Crippen LogP contribution in [0.3, 0.4) is 0 Å². The maximum Gasteiger partial charge on any atom is 0.253 e. The van der Waals surface area contributed by atoms with Crippen LogP contribution in [0, 0.1) is 0 Å². The Morgan fingerprint density at radius 3 is 2.76 bits per heavy atom. The van der Waals surface area contributed by atoms with Crippen molar-refractivity contribution in [3.8, 4) is 0 Å². The highest BCUT2D eigenvalue weighted by molar-refractivity contribution is 9.10. The summed E-state index contributed by atoms with van der Waals surface area (Å²) >= 11 is 9.49. The third-order valence-corrected chi connectivity index (χ3v) is 4.24. The normalized spacial score (nSPS) is 10.2. The Bertz CT molecular complexity index is 676. The lowest BCUT2D eigenvalue weighted by atomic mass is 10.1. The molecular weight excluding hydrogens is 354 g/mol. The summed E-state index contributed by atoms with van der Waals surface area (Å²) in [4.78, 5) is 12.1. The average molecular weight is 369 g/mol. The first-order valence-electron chi connectivity index (χ1n) is 6.41. The maximum atomic E-state index is 12.1. The van der Waals surface area contributed by atoms with Gasteiger partial charge in [0.15, 0.2) is 0 Å². The first kappa shape index (κ1) is 15.7. The van der Waals surface area contributed by atoms with Crippen molar-refractivity contribution in [1.29, 1.82) is 0 Å². The summed E-state index contributed by atoms with van der Waals surface area (Å²) in [6, 6.07) is 10.6. The van der Waals surface area contributed by atoms with Gasteiger partial charge in [-0.25, -0.2) is 0 Å². The molecule has 0 saturated heterocycles. The van der Waals surface area contributed by atoms with E-state index in [0.29, 0.717) is 28.5 Å². The van der Waals surface area contributed by atoms with Crippen LogP contribution < -0.4 is 16.4 Å². The Hall–Kier alpha value is -1.72. The second-order valence-electron chi connectivity index (χ2n) is 4.39.